The third-order valence-corrected chi connectivity index (χ3v) is 5.76. The number of benzene rings is 3. The molecular weight excluding hydrogens is 358 g/mol. The van der Waals surface area contributed by atoms with Gasteiger partial charge in [-0.2, -0.15) is 10.2 Å². The second-order valence-corrected chi connectivity index (χ2v) is 8.04. The maximum absolute atomic E-state index is 12.7. The Bertz CT molecular complexity index is 1070. The number of hydrogen-bond donors (Lipinski definition) is 1. The zero-order chi connectivity index (χ0) is 19.4. The van der Waals surface area contributed by atoms with Crippen LogP contribution in [0.3, 0.4) is 0 Å². The van der Waals surface area contributed by atoms with Gasteiger partial charge in [-0.1, -0.05) is 24.3 Å². The van der Waals surface area contributed by atoms with E-state index >= 15 is 0 Å². The highest BCUT2D eigenvalue weighted by atomic mass is 32.2. The molecule has 0 heterocycles. The first-order valence-electron chi connectivity index (χ1n) is 8.53. The highest BCUT2D eigenvalue weighted by molar-refractivity contribution is 7.92. The van der Waals surface area contributed by atoms with Crippen molar-refractivity contribution in [2.45, 2.75) is 25.7 Å². The summed E-state index contributed by atoms with van der Waals surface area (Å²) in [6.07, 6.45) is 0. The average Bonchev–Trinajstić information content (AvgIpc) is 2.64. The molecule has 0 saturated heterocycles. The van der Waals surface area contributed by atoms with Gasteiger partial charge in [0.2, 0.25) is 0 Å². The highest BCUT2D eigenvalue weighted by Crippen LogP contribution is 2.24. The van der Waals surface area contributed by atoms with Gasteiger partial charge in [-0.3, -0.25) is 4.72 Å². The van der Waals surface area contributed by atoms with Crippen molar-refractivity contribution in [2.24, 2.45) is 10.2 Å². The zero-order valence-electron chi connectivity index (χ0n) is 15.5. The number of rotatable bonds is 5. The van der Waals surface area contributed by atoms with Crippen LogP contribution in [0.15, 0.2) is 81.9 Å². The van der Waals surface area contributed by atoms with Crippen molar-refractivity contribution < 1.29 is 8.42 Å². The minimum Gasteiger partial charge on any atom is -0.280 e. The van der Waals surface area contributed by atoms with Crippen LogP contribution in [-0.4, -0.2) is 8.42 Å². The predicted molar refractivity (Wildman–Crippen MR) is 109 cm³/mol. The van der Waals surface area contributed by atoms with E-state index in [0.717, 1.165) is 22.4 Å². The lowest BCUT2D eigenvalue weighted by atomic mass is 10.1. The van der Waals surface area contributed by atoms with E-state index in [9.17, 15) is 8.42 Å². The predicted octanol–water partition coefficient (Wildman–Crippen LogP) is 5.83. The van der Waals surface area contributed by atoms with Crippen LogP contribution >= 0.6 is 0 Å². The Morgan fingerprint density at radius 3 is 1.89 bits per heavy atom. The molecule has 0 aliphatic rings. The molecule has 0 atom stereocenters. The van der Waals surface area contributed by atoms with E-state index in [4.69, 9.17) is 0 Å². The SMILES string of the molecule is Cc1cc(C)c(S(=O)(=O)Nc2ccc(N=Nc3ccccc3)cc2)cc1C. The maximum atomic E-state index is 12.7. The zero-order valence-corrected chi connectivity index (χ0v) is 16.3. The van der Waals surface area contributed by atoms with Crippen LogP contribution in [0.5, 0.6) is 0 Å². The fourth-order valence-electron chi connectivity index (χ4n) is 2.64. The van der Waals surface area contributed by atoms with Crippen LogP contribution < -0.4 is 4.72 Å². The van der Waals surface area contributed by atoms with Gasteiger partial charge in [-0.15, -0.1) is 0 Å². The summed E-state index contributed by atoms with van der Waals surface area (Å²) in [6.45, 7) is 5.67. The minimum absolute atomic E-state index is 0.290. The van der Waals surface area contributed by atoms with E-state index in [2.05, 4.69) is 15.0 Å². The summed E-state index contributed by atoms with van der Waals surface area (Å²) in [5.41, 5.74) is 4.61. The topological polar surface area (TPSA) is 70.9 Å². The van der Waals surface area contributed by atoms with Crippen LogP contribution in [0, 0.1) is 20.8 Å². The molecule has 1 N–H and O–H groups in total. The lowest BCUT2D eigenvalue weighted by molar-refractivity contribution is 0.600. The Balaban J connectivity index is 1.78. The van der Waals surface area contributed by atoms with E-state index in [1.165, 1.54) is 0 Å². The molecule has 0 radical (unpaired) electrons. The number of azo groups is 1. The van der Waals surface area contributed by atoms with Crippen LogP contribution in [0.1, 0.15) is 16.7 Å². The quantitative estimate of drug-likeness (QED) is 0.567. The van der Waals surface area contributed by atoms with Crippen LogP contribution in [0.4, 0.5) is 17.1 Å². The molecule has 3 aromatic carbocycles. The molecule has 27 heavy (non-hydrogen) atoms. The monoisotopic (exact) mass is 379 g/mol. The Morgan fingerprint density at radius 2 is 1.26 bits per heavy atom. The number of hydrogen-bond acceptors (Lipinski definition) is 4. The second-order valence-electron chi connectivity index (χ2n) is 6.39. The molecule has 0 fully saturated rings. The molecule has 138 valence electrons. The van der Waals surface area contributed by atoms with Gasteiger partial charge in [0.05, 0.1) is 16.3 Å². The van der Waals surface area contributed by atoms with Crippen molar-refractivity contribution in [3.63, 3.8) is 0 Å². The third-order valence-electron chi connectivity index (χ3n) is 4.24. The van der Waals surface area contributed by atoms with Crippen LogP contribution in [0.25, 0.3) is 0 Å². The third kappa shape index (κ3) is 4.60. The first-order valence-corrected chi connectivity index (χ1v) is 10.0. The Kier molecular flexibility index (Phi) is 5.37. The summed E-state index contributed by atoms with van der Waals surface area (Å²) in [5.74, 6) is 0. The number of aryl methyl sites for hydroxylation is 3. The van der Waals surface area contributed by atoms with E-state index in [1.54, 1.807) is 37.3 Å². The van der Waals surface area contributed by atoms with Gasteiger partial charge in [0, 0.05) is 5.69 Å². The molecule has 0 saturated carbocycles. The molecule has 0 aliphatic carbocycles. The van der Waals surface area contributed by atoms with Gasteiger partial charge < -0.3 is 0 Å². The van der Waals surface area contributed by atoms with Gasteiger partial charge in [0.25, 0.3) is 10.0 Å². The molecule has 0 aromatic heterocycles. The van der Waals surface area contributed by atoms with Crippen LogP contribution in [0.2, 0.25) is 0 Å². The van der Waals surface area contributed by atoms with E-state index in [0.29, 0.717) is 16.3 Å². The summed E-state index contributed by atoms with van der Waals surface area (Å²) < 4.78 is 28.1. The van der Waals surface area contributed by atoms with Gasteiger partial charge in [-0.05, 0) is 79.9 Å². The second kappa shape index (κ2) is 7.72. The standard InChI is InChI=1S/C21H21N3O2S/c1-15-13-17(3)21(14-16(15)2)27(25,26)24-20-11-9-19(10-12-20)23-22-18-7-5-4-6-8-18/h4-14,24H,1-3H3. The lowest BCUT2D eigenvalue weighted by Crippen LogP contribution is -2.14. The molecule has 5 nitrogen and oxygen atoms in total. The summed E-state index contributed by atoms with van der Waals surface area (Å²) in [6, 6.07) is 19.8. The lowest BCUT2D eigenvalue weighted by Gasteiger charge is -2.12. The molecular formula is C21H21N3O2S. The first kappa shape index (κ1) is 18.8. The number of nitrogens with zero attached hydrogens (tertiary/aromatic N) is 2. The van der Waals surface area contributed by atoms with Crippen LogP contribution in [-0.2, 0) is 10.0 Å². The number of anilines is 1. The summed E-state index contributed by atoms with van der Waals surface area (Å²) in [4.78, 5) is 0.290. The molecule has 3 rings (SSSR count). The van der Waals surface area contributed by atoms with Crippen molar-refractivity contribution in [1.82, 2.24) is 0 Å². The van der Waals surface area contributed by atoms with E-state index in [1.807, 2.05) is 50.2 Å². The highest BCUT2D eigenvalue weighted by Gasteiger charge is 2.18. The Hall–Kier alpha value is -2.99. The van der Waals surface area contributed by atoms with Crippen molar-refractivity contribution in [2.75, 3.05) is 4.72 Å². The minimum atomic E-state index is -3.66. The summed E-state index contributed by atoms with van der Waals surface area (Å²) in [7, 11) is -3.66. The van der Waals surface area contributed by atoms with Crippen molar-refractivity contribution in [1.29, 1.82) is 0 Å². The smallest absolute Gasteiger partial charge is 0.262 e. The van der Waals surface area contributed by atoms with Gasteiger partial charge in [-0.25, -0.2) is 8.42 Å². The number of sulfonamides is 1. The summed E-state index contributed by atoms with van der Waals surface area (Å²) in [5, 5.41) is 8.30. The average molecular weight is 379 g/mol. The van der Waals surface area contributed by atoms with Crippen molar-refractivity contribution in [3.8, 4) is 0 Å². The van der Waals surface area contributed by atoms with Crippen molar-refractivity contribution >= 4 is 27.1 Å². The van der Waals surface area contributed by atoms with E-state index < -0.39 is 10.0 Å². The molecule has 6 heteroatoms. The molecule has 0 bridgehead atoms. The van der Waals surface area contributed by atoms with Gasteiger partial charge >= 0.3 is 0 Å². The fourth-order valence-corrected chi connectivity index (χ4v) is 4.01. The molecule has 0 spiro atoms. The fraction of sp³-hybridized carbons (Fsp3) is 0.143. The van der Waals surface area contributed by atoms with E-state index in [-0.39, 0.29) is 0 Å². The van der Waals surface area contributed by atoms with Gasteiger partial charge in [0.1, 0.15) is 0 Å². The molecule has 0 amide bonds. The number of nitrogens with one attached hydrogen (secondary N) is 1. The summed E-state index contributed by atoms with van der Waals surface area (Å²) >= 11 is 0. The van der Waals surface area contributed by atoms with Gasteiger partial charge in [0.15, 0.2) is 0 Å². The normalized spacial score (nSPS) is 11.7. The first-order chi connectivity index (χ1) is 12.8. The van der Waals surface area contributed by atoms with Crippen molar-refractivity contribution in [3.05, 3.63) is 83.4 Å². The molecule has 0 unspecified atom stereocenters. The largest absolute Gasteiger partial charge is 0.280 e. The Labute approximate surface area is 159 Å². The maximum Gasteiger partial charge on any atom is 0.262 e. The molecule has 0 aliphatic heterocycles. The Morgan fingerprint density at radius 1 is 0.704 bits per heavy atom. The molecule has 3 aromatic rings.